The first-order valence-corrected chi connectivity index (χ1v) is 1.03. The molecule has 0 radical (unpaired) electrons. The van der Waals surface area contributed by atoms with Crippen LogP contribution in [-0.2, 0) is 0 Å². The van der Waals surface area contributed by atoms with Crippen molar-refractivity contribution in [3.8, 4) is 0 Å². The molecule has 0 amide bonds. The van der Waals surface area contributed by atoms with Gasteiger partial charge in [-0.15, -0.1) is 0 Å². The number of hydrogen-bond acceptors (Lipinski definition) is 0. The lowest BCUT2D eigenvalue weighted by Gasteiger charge is -1.44. The maximum absolute atomic E-state index is 6.43. The number of allylic oxidation sites excluding steroid dienone is 2. The molecule has 0 heteroatoms. The van der Waals surface area contributed by atoms with Crippen molar-refractivity contribution in [3.05, 3.63) is 25.3 Å². The summed E-state index contributed by atoms with van der Waals surface area (Å²) in [5.74, 6) is 0. The summed E-state index contributed by atoms with van der Waals surface area (Å²) < 4.78 is 12.9. The molecule has 0 heterocycles. The van der Waals surface area contributed by atoms with Crippen LogP contribution in [0.3, 0.4) is 0 Å². The Labute approximate surface area is 29.3 Å². The molecule has 0 atom stereocenters. The molecule has 0 spiro atoms. The molecule has 4 heavy (non-hydrogen) atoms. The standard InChI is InChI=1S/C4H6/c1-3-4-2/h3-4H,1-2H2/i1D2. The summed E-state index contributed by atoms with van der Waals surface area (Å²) in [5.41, 5.74) is 0. The van der Waals surface area contributed by atoms with Crippen LogP contribution in [0.15, 0.2) is 25.3 Å². The highest BCUT2D eigenvalue weighted by molar-refractivity contribution is 4.88. The van der Waals surface area contributed by atoms with Crippen molar-refractivity contribution in [1.82, 2.24) is 0 Å². The van der Waals surface area contributed by atoms with Crippen LogP contribution >= 0.6 is 0 Å². The minimum absolute atomic E-state index is 0.204. The molecule has 0 aliphatic heterocycles. The van der Waals surface area contributed by atoms with Crippen LogP contribution in [-0.4, -0.2) is 0 Å². The van der Waals surface area contributed by atoms with Gasteiger partial charge in [-0.05, 0) is 0 Å². The molecule has 0 bridgehead atoms. The van der Waals surface area contributed by atoms with Crippen molar-refractivity contribution in [1.29, 1.82) is 0 Å². The quantitative estimate of drug-likeness (QED) is 0.398. The molecule has 0 fully saturated rings. The maximum Gasteiger partial charge on any atom is 0.0538 e. The monoisotopic (exact) mass is 56.1 g/mol. The second kappa shape index (κ2) is 2.48. The van der Waals surface area contributed by atoms with Crippen molar-refractivity contribution in [3.63, 3.8) is 0 Å². The van der Waals surface area contributed by atoms with Gasteiger partial charge < -0.3 is 0 Å². The summed E-state index contributed by atoms with van der Waals surface area (Å²) in [6.45, 7) is 3.08. The highest BCUT2D eigenvalue weighted by atomic mass is 13.4. The van der Waals surface area contributed by atoms with Gasteiger partial charge in [-0.3, -0.25) is 0 Å². The third-order valence-electron chi connectivity index (χ3n) is 0.118. The van der Waals surface area contributed by atoms with Crippen molar-refractivity contribution in [2.24, 2.45) is 0 Å². The van der Waals surface area contributed by atoms with E-state index in [-0.39, 0.29) is 6.53 Å². The molecular formula is C4H6. The van der Waals surface area contributed by atoms with Crippen LogP contribution in [0, 0.1) is 0 Å². The fraction of sp³-hybridized carbons (Fsp3) is 0. The minimum Gasteiger partial charge on any atom is -0.0991 e. The van der Waals surface area contributed by atoms with E-state index in [4.69, 9.17) is 2.74 Å². The zero-order chi connectivity index (χ0) is 4.99. The van der Waals surface area contributed by atoms with E-state index in [2.05, 4.69) is 6.58 Å². The Morgan fingerprint density at radius 3 is 2.50 bits per heavy atom. The Bertz CT molecular complexity index is 69.6. The first-order valence-electron chi connectivity index (χ1n) is 2.03. The lowest BCUT2D eigenvalue weighted by atomic mass is 10.6. The van der Waals surface area contributed by atoms with Crippen LogP contribution in [0.1, 0.15) is 2.74 Å². The third kappa shape index (κ3) is 1.48. The lowest BCUT2D eigenvalue weighted by Crippen LogP contribution is -1.21. The molecule has 0 aromatic heterocycles. The summed E-state index contributed by atoms with van der Waals surface area (Å²) in [4.78, 5) is 0. The van der Waals surface area contributed by atoms with Gasteiger partial charge in [0.25, 0.3) is 0 Å². The largest absolute Gasteiger partial charge is 0.0991 e. The molecule has 0 N–H and O–H groups in total. The normalized spacial score (nSPS) is 11.0. The van der Waals surface area contributed by atoms with Gasteiger partial charge in [0.1, 0.15) is 0 Å². The van der Waals surface area contributed by atoms with Gasteiger partial charge in [-0.1, -0.05) is 25.3 Å². The highest BCUT2D eigenvalue weighted by Gasteiger charge is 1.29. The summed E-state index contributed by atoms with van der Waals surface area (Å²) in [7, 11) is 0. The second-order valence-corrected chi connectivity index (χ2v) is 0.402. The van der Waals surface area contributed by atoms with Gasteiger partial charge in [-0.2, -0.15) is 0 Å². The Morgan fingerprint density at radius 1 is 1.75 bits per heavy atom. The van der Waals surface area contributed by atoms with E-state index in [9.17, 15) is 0 Å². The van der Waals surface area contributed by atoms with E-state index >= 15 is 0 Å². The zero-order valence-corrected chi connectivity index (χ0v) is 2.36. The molecular weight excluding hydrogens is 48.0 g/mol. The van der Waals surface area contributed by atoms with Crippen LogP contribution in [0.5, 0.6) is 0 Å². The van der Waals surface area contributed by atoms with Gasteiger partial charge in [0.15, 0.2) is 0 Å². The van der Waals surface area contributed by atoms with Crippen LogP contribution in [0.4, 0.5) is 0 Å². The van der Waals surface area contributed by atoms with Gasteiger partial charge >= 0.3 is 0 Å². The highest BCUT2D eigenvalue weighted by Crippen LogP contribution is 1.52. The zero-order valence-electron chi connectivity index (χ0n) is 4.36. The summed E-state index contributed by atoms with van der Waals surface area (Å²) in [6, 6.07) is 0. The molecule has 0 saturated carbocycles. The van der Waals surface area contributed by atoms with Crippen molar-refractivity contribution in [2.75, 3.05) is 0 Å². The second-order valence-electron chi connectivity index (χ2n) is 0.402. The third-order valence-corrected chi connectivity index (χ3v) is 0.118. The fourth-order valence-corrected chi connectivity index (χ4v) is 0. The van der Waals surface area contributed by atoms with E-state index < -0.39 is 0 Å². The first kappa shape index (κ1) is 1.07. The van der Waals surface area contributed by atoms with E-state index in [0.29, 0.717) is 0 Å². The summed E-state index contributed by atoms with van der Waals surface area (Å²) in [6.07, 6.45) is 2.72. The Kier molecular flexibility index (Phi) is 0.661. The van der Waals surface area contributed by atoms with E-state index in [1.54, 1.807) is 0 Å². The molecule has 0 aromatic carbocycles. The molecule has 0 aliphatic carbocycles. The average Bonchev–Trinajstić information content (AvgIpc) is 1.35. The Morgan fingerprint density at radius 2 is 2.50 bits per heavy atom. The fourth-order valence-electron chi connectivity index (χ4n) is 0. The van der Waals surface area contributed by atoms with Gasteiger partial charge in [0, 0.05) is 0 Å². The van der Waals surface area contributed by atoms with E-state index in [1.165, 1.54) is 12.2 Å². The molecule has 22 valence electrons. The predicted octanol–water partition coefficient (Wildman–Crippen LogP) is 1.36. The smallest absolute Gasteiger partial charge is 0.0538 e. The Balaban J connectivity index is 3.41. The first-order chi connectivity index (χ1) is 2.77. The van der Waals surface area contributed by atoms with E-state index in [1.807, 2.05) is 0 Å². The predicted molar refractivity (Wildman–Crippen MR) is 20.4 cm³/mol. The number of hydrogen-bond donors (Lipinski definition) is 0. The topological polar surface area (TPSA) is 0 Å². The molecule has 0 saturated heterocycles. The van der Waals surface area contributed by atoms with Crippen molar-refractivity contribution >= 4 is 0 Å². The number of rotatable bonds is 1. The summed E-state index contributed by atoms with van der Waals surface area (Å²) in [5, 5.41) is 0. The van der Waals surface area contributed by atoms with Crippen molar-refractivity contribution in [2.45, 2.75) is 0 Å². The lowest BCUT2D eigenvalue weighted by molar-refractivity contribution is 2.15. The SMILES string of the molecule is [2H]C([2H])=CC=C. The van der Waals surface area contributed by atoms with Gasteiger partial charge in [0.2, 0.25) is 0 Å². The maximum atomic E-state index is 6.43. The molecule has 0 unspecified atom stereocenters. The molecule has 0 rings (SSSR count). The van der Waals surface area contributed by atoms with Crippen molar-refractivity contribution < 1.29 is 2.74 Å². The summed E-state index contributed by atoms with van der Waals surface area (Å²) >= 11 is 0. The van der Waals surface area contributed by atoms with Crippen LogP contribution in [0.25, 0.3) is 0 Å². The van der Waals surface area contributed by atoms with Gasteiger partial charge in [0.05, 0.1) is 2.74 Å². The van der Waals surface area contributed by atoms with Gasteiger partial charge in [-0.25, -0.2) is 0 Å². The molecule has 0 aromatic rings. The van der Waals surface area contributed by atoms with Crippen LogP contribution in [0.2, 0.25) is 0 Å². The molecule has 0 aliphatic rings. The minimum atomic E-state index is -0.204. The molecule has 0 nitrogen and oxygen atoms in total. The Hall–Kier alpha value is -0.520. The van der Waals surface area contributed by atoms with E-state index in [0.717, 1.165) is 0 Å². The average molecular weight is 56.1 g/mol. The van der Waals surface area contributed by atoms with Crippen LogP contribution < -0.4 is 0 Å².